The topological polar surface area (TPSA) is 57.7 Å². The van der Waals surface area contributed by atoms with Crippen LogP contribution in [0.5, 0.6) is 0 Å². The van der Waals surface area contributed by atoms with Gasteiger partial charge in [0.25, 0.3) is 0 Å². The highest BCUT2D eigenvalue weighted by molar-refractivity contribution is 7.89. The van der Waals surface area contributed by atoms with E-state index in [1.807, 2.05) is 49.2 Å². The molecule has 0 bridgehead atoms. The zero-order valence-electron chi connectivity index (χ0n) is 16.4. The minimum absolute atomic E-state index is 0.155. The summed E-state index contributed by atoms with van der Waals surface area (Å²) in [6.45, 7) is 2.96. The molecule has 1 spiro atoms. The Morgan fingerprint density at radius 1 is 0.929 bits per heavy atom. The number of sulfonamides is 1. The first-order valence-electron chi connectivity index (χ1n) is 9.76. The number of benzene rings is 2. The fraction of sp³-hybridized carbons (Fsp3) is 0.409. The van der Waals surface area contributed by atoms with E-state index in [1.54, 1.807) is 16.4 Å². The molecule has 2 aliphatic heterocycles. The minimum atomic E-state index is -3.52. The van der Waals surface area contributed by atoms with Gasteiger partial charge in [-0.3, -0.25) is 4.79 Å². The zero-order chi connectivity index (χ0) is 19.9. The molecule has 6 heteroatoms. The molecular weight excluding hydrogens is 372 g/mol. The van der Waals surface area contributed by atoms with E-state index in [0.717, 1.165) is 17.5 Å². The van der Waals surface area contributed by atoms with Crippen LogP contribution < -0.4 is 0 Å². The molecule has 2 aliphatic rings. The Balaban J connectivity index is 1.51. The van der Waals surface area contributed by atoms with Crippen molar-refractivity contribution in [3.8, 4) is 11.1 Å². The summed E-state index contributed by atoms with van der Waals surface area (Å²) in [5.41, 5.74) is 3.11. The second kappa shape index (κ2) is 7.01. The van der Waals surface area contributed by atoms with E-state index < -0.39 is 10.0 Å². The summed E-state index contributed by atoms with van der Waals surface area (Å²) in [7, 11) is -1.67. The standard InChI is InChI=1S/C22H26N2O3S/c1-17-4-3-5-19(16-17)18-6-8-20(9-7-18)28(26,27)24-14-12-22(13-15-24)11-10-21(25)23(22)2/h3-9,16H,10-15H2,1-2H3. The third kappa shape index (κ3) is 3.25. The van der Waals surface area contributed by atoms with Crippen LogP contribution in [0.15, 0.2) is 53.4 Å². The molecule has 28 heavy (non-hydrogen) atoms. The van der Waals surface area contributed by atoms with Crippen LogP contribution >= 0.6 is 0 Å². The lowest BCUT2D eigenvalue weighted by Gasteiger charge is -2.43. The molecule has 0 aromatic heterocycles. The highest BCUT2D eigenvalue weighted by Gasteiger charge is 2.46. The SMILES string of the molecule is Cc1cccc(-c2ccc(S(=O)(=O)N3CCC4(CCC(=O)N4C)CC3)cc2)c1. The molecule has 5 nitrogen and oxygen atoms in total. The number of rotatable bonds is 3. The molecule has 0 aliphatic carbocycles. The Morgan fingerprint density at radius 2 is 1.61 bits per heavy atom. The number of piperidine rings is 1. The average molecular weight is 399 g/mol. The monoisotopic (exact) mass is 398 g/mol. The van der Waals surface area contributed by atoms with E-state index in [0.29, 0.717) is 37.2 Å². The Hall–Kier alpha value is -2.18. The van der Waals surface area contributed by atoms with E-state index in [1.165, 1.54) is 5.56 Å². The maximum atomic E-state index is 13.1. The smallest absolute Gasteiger partial charge is 0.243 e. The van der Waals surface area contributed by atoms with E-state index in [-0.39, 0.29) is 11.4 Å². The van der Waals surface area contributed by atoms with E-state index >= 15 is 0 Å². The summed E-state index contributed by atoms with van der Waals surface area (Å²) in [5.74, 6) is 0.169. The fourth-order valence-electron chi connectivity index (χ4n) is 4.46. The Kier molecular flexibility index (Phi) is 4.79. The van der Waals surface area contributed by atoms with E-state index in [9.17, 15) is 13.2 Å². The number of carbonyl (C=O) groups is 1. The third-order valence-corrected chi connectivity index (χ3v) is 8.30. The second-order valence-corrected chi connectivity index (χ2v) is 9.91. The van der Waals surface area contributed by atoms with Gasteiger partial charge in [-0.15, -0.1) is 0 Å². The molecule has 2 aromatic rings. The van der Waals surface area contributed by atoms with Gasteiger partial charge in [0.1, 0.15) is 0 Å². The van der Waals surface area contributed by atoms with Crippen molar-refractivity contribution in [1.29, 1.82) is 0 Å². The van der Waals surface area contributed by atoms with E-state index in [2.05, 4.69) is 6.07 Å². The van der Waals surface area contributed by atoms with Gasteiger partial charge in [0.15, 0.2) is 0 Å². The number of likely N-dealkylation sites (tertiary alicyclic amines) is 1. The molecule has 0 N–H and O–H groups in total. The van der Waals surface area contributed by atoms with Gasteiger partial charge in [-0.25, -0.2) is 8.42 Å². The van der Waals surface area contributed by atoms with Gasteiger partial charge >= 0.3 is 0 Å². The fourth-order valence-corrected chi connectivity index (χ4v) is 5.90. The van der Waals surface area contributed by atoms with Crippen LogP contribution in [0.2, 0.25) is 0 Å². The lowest BCUT2D eigenvalue weighted by Crippen LogP contribution is -2.52. The van der Waals surface area contributed by atoms with Crippen LogP contribution in [-0.4, -0.2) is 49.2 Å². The lowest BCUT2D eigenvalue weighted by molar-refractivity contribution is -0.130. The van der Waals surface area contributed by atoms with Crippen molar-refractivity contribution in [2.75, 3.05) is 20.1 Å². The summed E-state index contributed by atoms with van der Waals surface area (Å²) in [6, 6.07) is 15.3. The zero-order valence-corrected chi connectivity index (χ0v) is 17.2. The molecule has 2 fully saturated rings. The molecule has 0 unspecified atom stereocenters. The van der Waals surface area contributed by atoms with Crippen LogP contribution in [0.4, 0.5) is 0 Å². The average Bonchev–Trinajstić information content (AvgIpc) is 2.97. The van der Waals surface area contributed by atoms with Crippen LogP contribution in [-0.2, 0) is 14.8 Å². The number of hydrogen-bond donors (Lipinski definition) is 0. The minimum Gasteiger partial charge on any atom is -0.340 e. The second-order valence-electron chi connectivity index (χ2n) is 7.98. The van der Waals surface area contributed by atoms with Gasteiger partial charge in [-0.05, 0) is 49.4 Å². The van der Waals surface area contributed by atoms with Gasteiger partial charge in [0, 0.05) is 32.1 Å². The quantitative estimate of drug-likeness (QED) is 0.796. The summed E-state index contributed by atoms with van der Waals surface area (Å²) >= 11 is 0. The van der Waals surface area contributed by atoms with Crippen molar-refractivity contribution in [2.24, 2.45) is 0 Å². The van der Waals surface area contributed by atoms with Gasteiger partial charge in [-0.1, -0.05) is 42.0 Å². The molecule has 2 saturated heterocycles. The summed E-state index contributed by atoms with van der Waals surface area (Å²) < 4.78 is 27.7. The molecule has 2 heterocycles. The van der Waals surface area contributed by atoms with E-state index in [4.69, 9.17) is 0 Å². The Labute approximate surface area is 167 Å². The number of nitrogens with zero attached hydrogens (tertiary/aromatic N) is 2. The summed E-state index contributed by atoms with van der Waals surface area (Å²) in [4.78, 5) is 14.1. The first kappa shape index (κ1) is 19.2. The van der Waals surface area contributed by atoms with Crippen LogP contribution in [0.3, 0.4) is 0 Å². The first-order valence-corrected chi connectivity index (χ1v) is 11.2. The number of carbonyl (C=O) groups excluding carboxylic acids is 1. The van der Waals surface area contributed by atoms with Gasteiger partial charge in [0.2, 0.25) is 15.9 Å². The Bertz CT molecular complexity index is 991. The predicted molar refractivity (Wildman–Crippen MR) is 109 cm³/mol. The van der Waals surface area contributed by atoms with Crippen molar-refractivity contribution in [3.63, 3.8) is 0 Å². The molecule has 148 valence electrons. The third-order valence-electron chi connectivity index (χ3n) is 6.39. The molecule has 0 atom stereocenters. The maximum absolute atomic E-state index is 13.1. The summed E-state index contributed by atoms with van der Waals surface area (Å²) in [6.07, 6.45) is 2.82. The molecule has 2 aromatic carbocycles. The number of hydrogen-bond acceptors (Lipinski definition) is 3. The normalized spacial score (nSPS) is 20.1. The number of aryl methyl sites for hydroxylation is 1. The number of amides is 1. The van der Waals surface area contributed by atoms with Gasteiger partial charge < -0.3 is 4.90 Å². The van der Waals surface area contributed by atoms with Gasteiger partial charge in [-0.2, -0.15) is 4.31 Å². The molecule has 0 radical (unpaired) electrons. The Morgan fingerprint density at radius 3 is 2.18 bits per heavy atom. The summed E-state index contributed by atoms with van der Waals surface area (Å²) in [5, 5.41) is 0. The largest absolute Gasteiger partial charge is 0.340 e. The van der Waals surface area contributed by atoms with Crippen molar-refractivity contribution >= 4 is 15.9 Å². The van der Waals surface area contributed by atoms with Crippen molar-refractivity contribution in [2.45, 2.75) is 43.0 Å². The highest BCUT2D eigenvalue weighted by atomic mass is 32.2. The molecule has 0 saturated carbocycles. The van der Waals surface area contributed by atoms with Gasteiger partial charge in [0.05, 0.1) is 4.90 Å². The molecular formula is C22H26N2O3S. The van der Waals surface area contributed by atoms with Crippen LogP contribution in [0, 0.1) is 6.92 Å². The van der Waals surface area contributed by atoms with Crippen LogP contribution in [0.1, 0.15) is 31.2 Å². The van der Waals surface area contributed by atoms with Crippen LogP contribution in [0.25, 0.3) is 11.1 Å². The highest BCUT2D eigenvalue weighted by Crippen LogP contribution is 2.39. The molecule has 4 rings (SSSR count). The van der Waals surface area contributed by atoms with Crippen molar-refractivity contribution < 1.29 is 13.2 Å². The van der Waals surface area contributed by atoms with Crippen molar-refractivity contribution in [3.05, 3.63) is 54.1 Å². The van der Waals surface area contributed by atoms with Crippen molar-refractivity contribution in [1.82, 2.24) is 9.21 Å². The first-order chi connectivity index (χ1) is 13.3. The lowest BCUT2D eigenvalue weighted by atomic mass is 9.86. The maximum Gasteiger partial charge on any atom is 0.243 e. The predicted octanol–water partition coefficient (Wildman–Crippen LogP) is 3.44. The molecule has 1 amide bonds.